The molecule has 4 heterocycles. The standard InChI is InChI=1S/C22H16F3N9OS/c1-12-11-36-18-16(4-5-28-17(12)18)33-19(22(23,24)25)15(10-31-33)21(35)32-13(2)8-14(9-26)20(27-3)34-29-6-7-30-34/h4-8,10-11H,3H2,1-2H3,(H,32,35)/b13-8+,20-14-. The lowest BCUT2D eigenvalue weighted by atomic mass is 10.2. The van der Waals surface area contributed by atoms with Gasteiger partial charge in [-0.2, -0.15) is 33.7 Å². The van der Waals surface area contributed by atoms with Gasteiger partial charge in [0.15, 0.2) is 11.5 Å². The van der Waals surface area contributed by atoms with Crippen molar-refractivity contribution in [1.82, 2.24) is 35.1 Å². The number of thiophene rings is 1. The molecular weight excluding hydrogens is 495 g/mol. The monoisotopic (exact) mass is 511 g/mol. The fraction of sp³-hybridized carbons (Fsp3) is 0.136. The van der Waals surface area contributed by atoms with Crippen molar-refractivity contribution in [3.63, 3.8) is 0 Å². The van der Waals surface area contributed by atoms with Crippen molar-refractivity contribution in [2.75, 3.05) is 0 Å². The number of alkyl halides is 3. The summed E-state index contributed by atoms with van der Waals surface area (Å²) in [4.78, 5) is 21.9. The predicted octanol–water partition coefficient (Wildman–Crippen LogP) is 4.13. The number of carbonyl (C=O) groups excluding carboxylic acids is 1. The molecule has 0 saturated heterocycles. The number of nitriles is 1. The zero-order valence-electron chi connectivity index (χ0n) is 18.8. The number of nitrogens with one attached hydrogen (secondary N) is 1. The summed E-state index contributed by atoms with van der Waals surface area (Å²) < 4.78 is 43.6. The van der Waals surface area contributed by atoms with Crippen LogP contribution in [0.15, 0.2) is 58.6 Å². The largest absolute Gasteiger partial charge is 0.434 e. The molecule has 0 aliphatic rings. The van der Waals surface area contributed by atoms with Gasteiger partial charge >= 0.3 is 6.18 Å². The van der Waals surface area contributed by atoms with Crippen molar-refractivity contribution in [2.45, 2.75) is 20.0 Å². The van der Waals surface area contributed by atoms with Crippen LogP contribution in [0.2, 0.25) is 0 Å². The molecule has 0 atom stereocenters. The summed E-state index contributed by atoms with van der Waals surface area (Å²) in [5, 5.41) is 25.3. The summed E-state index contributed by atoms with van der Waals surface area (Å²) in [7, 11) is 0. The van der Waals surface area contributed by atoms with Gasteiger partial charge in [-0.25, -0.2) is 9.67 Å². The summed E-state index contributed by atoms with van der Waals surface area (Å²) >= 11 is 1.23. The molecule has 0 aromatic carbocycles. The minimum atomic E-state index is -4.90. The first kappa shape index (κ1) is 24.5. The van der Waals surface area contributed by atoms with Gasteiger partial charge in [-0.3, -0.25) is 9.78 Å². The Labute approximate surface area is 205 Å². The van der Waals surface area contributed by atoms with Crippen molar-refractivity contribution >= 4 is 40.0 Å². The molecule has 0 spiro atoms. The van der Waals surface area contributed by atoms with Crippen molar-refractivity contribution < 1.29 is 18.0 Å². The Kier molecular flexibility index (Phi) is 6.49. The number of halogens is 3. The second-order valence-corrected chi connectivity index (χ2v) is 8.23. The highest BCUT2D eigenvalue weighted by molar-refractivity contribution is 7.17. The van der Waals surface area contributed by atoms with Gasteiger partial charge in [0.1, 0.15) is 11.6 Å². The first-order valence-electron chi connectivity index (χ1n) is 10.1. The zero-order valence-corrected chi connectivity index (χ0v) is 19.6. The zero-order chi connectivity index (χ0) is 26.0. The van der Waals surface area contributed by atoms with Crippen LogP contribution in [0.3, 0.4) is 0 Å². The van der Waals surface area contributed by atoms with E-state index in [1.54, 1.807) is 12.3 Å². The molecule has 4 aromatic heterocycles. The molecule has 0 bridgehead atoms. The van der Waals surface area contributed by atoms with E-state index in [4.69, 9.17) is 0 Å². The minimum absolute atomic E-state index is 0.0205. The molecule has 1 N–H and O–H groups in total. The number of aromatic nitrogens is 6. The van der Waals surface area contributed by atoms with Gasteiger partial charge in [0.25, 0.3) is 5.91 Å². The number of carbonyl (C=O) groups is 1. The Morgan fingerprint density at radius 1 is 1.28 bits per heavy atom. The summed E-state index contributed by atoms with van der Waals surface area (Å²) in [5.74, 6) is -1.08. The van der Waals surface area contributed by atoms with Crippen molar-refractivity contribution in [3.8, 4) is 11.8 Å². The fourth-order valence-corrected chi connectivity index (χ4v) is 4.41. The SMILES string of the molecule is C=N/C(=C(C#N)\C=C(/C)NC(=O)c1cnn(-c2ccnc3c(C)csc23)c1C(F)(F)F)n1nccn1. The molecule has 0 unspecified atom stereocenters. The number of nitrogens with zero attached hydrogens (tertiary/aromatic N) is 8. The first-order valence-corrected chi connectivity index (χ1v) is 11.0. The third-order valence-corrected chi connectivity index (χ3v) is 6.02. The average Bonchev–Trinajstić information content (AvgIpc) is 3.58. The Morgan fingerprint density at radius 3 is 2.64 bits per heavy atom. The topological polar surface area (TPSA) is 127 Å². The first-order chi connectivity index (χ1) is 17.2. The van der Waals surface area contributed by atoms with Gasteiger partial charge < -0.3 is 5.32 Å². The van der Waals surface area contributed by atoms with Crippen molar-refractivity contribution in [2.24, 2.45) is 4.99 Å². The molecule has 36 heavy (non-hydrogen) atoms. The van der Waals surface area contributed by atoms with Crippen LogP contribution in [0.5, 0.6) is 0 Å². The number of rotatable bonds is 6. The van der Waals surface area contributed by atoms with Gasteiger partial charge in [0.05, 0.1) is 40.1 Å². The van der Waals surface area contributed by atoms with Crippen LogP contribution >= 0.6 is 11.3 Å². The lowest BCUT2D eigenvalue weighted by molar-refractivity contribution is -0.143. The van der Waals surface area contributed by atoms with Gasteiger partial charge in [-0.1, -0.05) is 0 Å². The molecule has 0 aliphatic heterocycles. The maximum atomic E-state index is 14.2. The van der Waals surface area contributed by atoms with E-state index >= 15 is 0 Å². The van der Waals surface area contributed by atoms with Crippen LogP contribution in [-0.2, 0) is 6.18 Å². The molecule has 0 radical (unpaired) electrons. The quantitative estimate of drug-likeness (QED) is 0.236. The van der Waals surface area contributed by atoms with E-state index in [1.807, 2.05) is 6.07 Å². The van der Waals surface area contributed by atoms with Crippen LogP contribution in [0, 0.1) is 18.3 Å². The second kappa shape index (κ2) is 9.55. The van der Waals surface area contributed by atoms with Crippen LogP contribution in [0.25, 0.3) is 21.7 Å². The minimum Gasteiger partial charge on any atom is -0.326 e. The van der Waals surface area contributed by atoms with Crippen LogP contribution in [0.1, 0.15) is 28.5 Å². The lowest BCUT2D eigenvalue weighted by Gasteiger charge is -2.13. The van der Waals surface area contributed by atoms with Gasteiger partial charge in [-0.05, 0) is 43.7 Å². The Hall–Kier alpha value is -4.64. The second-order valence-electron chi connectivity index (χ2n) is 7.35. The van der Waals surface area contributed by atoms with E-state index in [0.717, 1.165) is 16.6 Å². The molecule has 182 valence electrons. The smallest absolute Gasteiger partial charge is 0.326 e. The maximum absolute atomic E-state index is 14.2. The van der Waals surface area contributed by atoms with E-state index in [9.17, 15) is 23.2 Å². The third-order valence-electron chi connectivity index (χ3n) is 4.91. The number of pyridine rings is 1. The number of hydrogen-bond acceptors (Lipinski definition) is 8. The van der Waals surface area contributed by atoms with Crippen LogP contribution < -0.4 is 5.32 Å². The van der Waals surface area contributed by atoms with Gasteiger partial charge in [-0.15, -0.1) is 16.1 Å². The molecule has 10 nitrogen and oxygen atoms in total. The molecule has 4 rings (SSSR count). The highest BCUT2D eigenvalue weighted by Gasteiger charge is 2.41. The van der Waals surface area contributed by atoms with E-state index in [1.165, 1.54) is 49.0 Å². The molecule has 0 aliphatic carbocycles. The van der Waals surface area contributed by atoms with E-state index in [0.29, 0.717) is 14.9 Å². The summed E-state index contributed by atoms with van der Waals surface area (Å²) in [6.45, 7) is 6.59. The number of amides is 1. The highest BCUT2D eigenvalue weighted by Crippen LogP contribution is 2.36. The van der Waals surface area contributed by atoms with Gasteiger partial charge in [0, 0.05) is 11.9 Å². The number of fused-ring (bicyclic) bond motifs is 1. The van der Waals surface area contributed by atoms with E-state index in [2.05, 4.69) is 37.3 Å². The number of allylic oxidation sites excluding steroid dienone is 3. The van der Waals surface area contributed by atoms with Crippen molar-refractivity contribution in [1.29, 1.82) is 5.26 Å². The molecule has 14 heteroatoms. The Bertz CT molecular complexity index is 1570. The Balaban J connectivity index is 1.73. The fourth-order valence-electron chi connectivity index (χ4n) is 3.40. The average molecular weight is 511 g/mol. The normalized spacial score (nSPS) is 12.8. The van der Waals surface area contributed by atoms with E-state index in [-0.39, 0.29) is 22.8 Å². The molecule has 0 fully saturated rings. The maximum Gasteiger partial charge on any atom is 0.434 e. The number of aryl methyl sites for hydroxylation is 1. The molecule has 1 amide bonds. The number of aliphatic imine (C=N–C) groups is 1. The highest BCUT2D eigenvalue weighted by atomic mass is 32.1. The summed E-state index contributed by atoms with van der Waals surface area (Å²) in [6, 6.07) is 3.29. The molecule has 4 aromatic rings. The molecular formula is C22H16F3N9OS. The van der Waals surface area contributed by atoms with E-state index < -0.39 is 23.3 Å². The Morgan fingerprint density at radius 2 is 2.00 bits per heavy atom. The number of hydrogen-bond donors (Lipinski definition) is 1. The van der Waals surface area contributed by atoms with Crippen molar-refractivity contribution in [3.05, 3.63) is 70.4 Å². The van der Waals surface area contributed by atoms with Crippen LogP contribution in [0.4, 0.5) is 13.2 Å². The summed E-state index contributed by atoms with van der Waals surface area (Å²) in [6.07, 6.45) is 1.30. The third kappa shape index (κ3) is 4.51. The molecule has 0 saturated carbocycles. The van der Waals surface area contributed by atoms with Crippen LogP contribution in [-0.4, -0.2) is 42.4 Å². The summed E-state index contributed by atoms with van der Waals surface area (Å²) in [5.41, 5.74) is -0.400. The predicted molar refractivity (Wildman–Crippen MR) is 126 cm³/mol. The lowest BCUT2D eigenvalue weighted by Crippen LogP contribution is -2.25. The van der Waals surface area contributed by atoms with Gasteiger partial charge in [0.2, 0.25) is 0 Å².